The molecule has 0 unspecified atom stereocenters. The molecule has 0 aliphatic carbocycles. The summed E-state index contributed by atoms with van der Waals surface area (Å²) in [4.78, 5) is 11.1. The van der Waals surface area contributed by atoms with E-state index >= 15 is 0 Å². The Morgan fingerprint density at radius 1 is 1.55 bits per heavy atom. The summed E-state index contributed by atoms with van der Waals surface area (Å²) < 4.78 is 7.75. The lowest BCUT2D eigenvalue weighted by Gasteiger charge is -2.18. The number of imidazole rings is 1. The molecule has 20 heavy (non-hydrogen) atoms. The molecule has 3 rings (SSSR count). The molecule has 108 valence electrons. The molecule has 9 heteroatoms. The number of hydrogen-bond acceptors (Lipinski definition) is 7. The number of aliphatic hydroxyl groups is 2. The largest absolute Gasteiger partial charge is 0.394 e. The number of likely N-dealkylation sites (N-methyl/N-ethyl adjacent to an activating group) is 1. The zero-order valence-corrected chi connectivity index (χ0v) is 11.5. The second-order valence-corrected chi connectivity index (χ2v) is 5.00. The predicted molar refractivity (Wildman–Crippen MR) is 72.6 cm³/mol. The molecule has 0 saturated carbocycles. The number of nitrogens with zero attached hydrogens (tertiary/aromatic N) is 3. The van der Waals surface area contributed by atoms with Crippen molar-refractivity contribution in [3.8, 4) is 0 Å². The van der Waals surface area contributed by atoms with Crippen molar-refractivity contribution in [1.82, 2.24) is 24.8 Å². The van der Waals surface area contributed by atoms with Crippen LogP contribution in [0.2, 0.25) is 0 Å². The van der Waals surface area contributed by atoms with Gasteiger partial charge in [-0.2, -0.15) is 0 Å². The van der Waals surface area contributed by atoms with Crippen LogP contribution in [0.25, 0.3) is 11.2 Å². The SMILES string of the molecule is CN[C@H]1[C@@H](O)[C@H](n2cnc3c(=S)nc[nH]c32)O[C@@H]1CO. The summed E-state index contributed by atoms with van der Waals surface area (Å²) in [5, 5.41) is 22.6. The van der Waals surface area contributed by atoms with Crippen LogP contribution in [0.5, 0.6) is 0 Å². The highest BCUT2D eigenvalue weighted by Crippen LogP contribution is 2.30. The van der Waals surface area contributed by atoms with Crippen molar-refractivity contribution < 1.29 is 14.9 Å². The van der Waals surface area contributed by atoms with Crippen molar-refractivity contribution >= 4 is 23.4 Å². The van der Waals surface area contributed by atoms with E-state index in [2.05, 4.69) is 20.3 Å². The van der Waals surface area contributed by atoms with Crippen molar-refractivity contribution in [2.75, 3.05) is 13.7 Å². The lowest BCUT2D eigenvalue weighted by Crippen LogP contribution is -2.43. The van der Waals surface area contributed by atoms with Crippen LogP contribution in [0.4, 0.5) is 0 Å². The summed E-state index contributed by atoms with van der Waals surface area (Å²) in [5.41, 5.74) is 1.18. The minimum absolute atomic E-state index is 0.177. The summed E-state index contributed by atoms with van der Waals surface area (Å²) in [5.74, 6) is 0. The van der Waals surface area contributed by atoms with Gasteiger partial charge in [-0.3, -0.25) is 4.57 Å². The van der Waals surface area contributed by atoms with Crippen LogP contribution in [0.15, 0.2) is 12.7 Å². The van der Waals surface area contributed by atoms with Gasteiger partial charge in [-0.1, -0.05) is 12.2 Å². The fraction of sp³-hybridized carbons (Fsp3) is 0.545. The Morgan fingerprint density at radius 3 is 3.00 bits per heavy atom. The number of H-pyrrole nitrogens is 1. The second kappa shape index (κ2) is 5.19. The molecule has 8 nitrogen and oxygen atoms in total. The number of rotatable bonds is 3. The Kier molecular flexibility index (Phi) is 3.52. The van der Waals surface area contributed by atoms with Crippen molar-refractivity contribution in [1.29, 1.82) is 0 Å². The zero-order chi connectivity index (χ0) is 14.3. The van der Waals surface area contributed by atoms with Gasteiger partial charge in [-0.25, -0.2) is 9.97 Å². The number of nitrogens with one attached hydrogen (secondary N) is 2. The van der Waals surface area contributed by atoms with E-state index in [1.165, 1.54) is 6.33 Å². The Balaban J connectivity index is 2.04. The van der Waals surface area contributed by atoms with Gasteiger partial charge in [-0.05, 0) is 7.05 Å². The average Bonchev–Trinajstić information content (AvgIpc) is 3.00. The van der Waals surface area contributed by atoms with E-state index in [1.807, 2.05) is 0 Å². The summed E-state index contributed by atoms with van der Waals surface area (Å²) in [7, 11) is 1.71. The number of fused-ring (bicyclic) bond motifs is 1. The number of hydrogen-bond donors (Lipinski definition) is 4. The summed E-state index contributed by atoms with van der Waals surface area (Å²) in [6, 6.07) is -0.354. The molecule has 0 aromatic carbocycles. The quantitative estimate of drug-likeness (QED) is 0.556. The molecular formula is C11H15N5O3S. The summed E-state index contributed by atoms with van der Waals surface area (Å²) >= 11 is 5.10. The van der Waals surface area contributed by atoms with Crippen LogP contribution >= 0.6 is 12.2 Å². The van der Waals surface area contributed by atoms with Crippen LogP contribution in [-0.4, -0.2) is 61.6 Å². The van der Waals surface area contributed by atoms with Crippen molar-refractivity contribution in [2.45, 2.75) is 24.5 Å². The standard InChI is InChI=1S/C11H15N5O3S/c1-12-6-5(2-17)19-11(8(6)18)16-4-15-7-9(16)13-3-14-10(7)20/h3-6,8,11-12,17-18H,2H2,1H3,(H,13,14,20)/t5-,6-,8-,11-/m1/s1. The third kappa shape index (κ3) is 1.95. The van der Waals surface area contributed by atoms with E-state index < -0.39 is 18.4 Å². The molecule has 0 amide bonds. The van der Waals surface area contributed by atoms with Gasteiger partial charge in [0, 0.05) is 0 Å². The predicted octanol–water partition coefficient (Wildman–Crippen LogP) is -0.673. The smallest absolute Gasteiger partial charge is 0.164 e. The highest BCUT2D eigenvalue weighted by molar-refractivity contribution is 7.71. The molecule has 1 saturated heterocycles. The molecule has 0 radical (unpaired) electrons. The highest BCUT2D eigenvalue weighted by atomic mass is 32.1. The van der Waals surface area contributed by atoms with Crippen LogP contribution in [-0.2, 0) is 4.74 Å². The zero-order valence-electron chi connectivity index (χ0n) is 10.7. The molecule has 0 bridgehead atoms. The minimum atomic E-state index is -0.815. The van der Waals surface area contributed by atoms with E-state index in [4.69, 9.17) is 17.0 Å². The lowest BCUT2D eigenvalue weighted by molar-refractivity contribution is -0.0489. The third-order valence-electron chi connectivity index (χ3n) is 3.54. The van der Waals surface area contributed by atoms with E-state index in [-0.39, 0.29) is 12.6 Å². The maximum Gasteiger partial charge on any atom is 0.164 e. The van der Waals surface area contributed by atoms with E-state index in [0.29, 0.717) is 15.8 Å². The molecule has 0 spiro atoms. The topological polar surface area (TPSA) is 108 Å². The van der Waals surface area contributed by atoms with Crippen LogP contribution in [0.3, 0.4) is 0 Å². The highest BCUT2D eigenvalue weighted by Gasteiger charge is 2.43. The molecule has 1 fully saturated rings. The summed E-state index contributed by atoms with van der Waals surface area (Å²) in [6.07, 6.45) is 1.07. The first-order chi connectivity index (χ1) is 9.67. The molecule has 2 aromatic heterocycles. The Bertz CT molecular complexity index is 671. The molecule has 3 heterocycles. The lowest BCUT2D eigenvalue weighted by atomic mass is 10.1. The van der Waals surface area contributed by atoms with Gasteiger partial charge in [0.15, 0.2) is 10.9 Å². The Hall–Kier alpha value is -1.39. The van der Waals surface area contributed by atoms with Gasteiger partial charge in [0.25, 0.3) is 0 Å². The molecular weight excluding hydrogens is 282 g/mol. The monoisotopic (exact) mass is 297 g/mol. The first kappa shape index (κ1) is 13.6. The molecule has 1 aliphatic heterocycles. The first-order valence-corrected chi connectivity index (χ1v) is 6.60. The normalized spacial score (nSPS) is 30.1. The number of aromatic nitrogens is 4. The molecule has 4 atom stereocenters. The van der Waals surface area contributed by atoms with Crippen molar-refractivity contribution in [3.05, 3.63) is 17.3 Å². The van der Waals surface area contributed by atoms with Gasteiger partial charge in [0.1, 0.15) is 23.4 Å². The van der Waals surface area contributed by atoms with Gasteiger partial charge in [0.2, 0.25) is 0 Å². The number of ether oxygens (including phenoxy) is 1. The molecule has 4 N–H and O–H groups in total. The Morgan fingerprint density at radius 2 is 2.35 bits per heavy atom. The number of aliphatic hydroxyl groups excluding tert-OH is 2. The van der Waals surface area contributed by atoms with Gasteiger partial charge >= 0.3 is 0 Å². The van der Waals surface area contributed by atoms with E-state index in [9.17, 15) is 10.2 Å². The molecule has 1 aliphatic rings. The molecule has 2 aromatic rings. The van der Waals surface area contributed by atoms with Crippen molar-refractivity contribution in [2.24, 2.45) is 0 Å². The van der Waals surface area contributed by atoms with Gasteiger partial charge in [0.05, 0.1) is 25.3 Å². The van der Waals surface area contributed by atoms with Crippen LogP contribution in [0, 0.1) is 4.64 Å². The van der Waals surface area contributed by atoms with E-state index in [0.717, 1.165) is 0 Å². The van der Waals surface area contributed by atoms with Gasteiger partial charge < -0.3 is 25.3 Å². The van der Waals surface area contributed by atoms with E-state index in [1.54, 1.807) is 17.9 Å². The van der Waals surface area contributed by atoms with Crippen LogP contribution in [0.1, 0.15) is 6.23 Å². The average molecular weight is 297 g/mol. The fourth-order valence-electron chi connectivity index (χ4n) is 2.55. The second-order valence-electron chi connectivity index (χ2n) is 4.61. The maximum atomic E-state index is 10.3. The van der Waals surface area contributed by atoms with Crippen molar-refractivity contribution in [3.63, 3.8) is 0 Å². The summed E-state index contributed by atoms with van der Waals surface area (Å²) in [6.45, 7) is -0.177. The first-order valence-electron chi connectivity index (χ1n) is 6.19. The third-order valence-corrected chi connectivity index (χ3v) is 3.84. The fourth-order valence-corrected chi connectivity index (χ4v) is 2.75. The minimum Gasteiger partial charge on any atom is -0.394 e. The number of aromatic amines is 1. The Labute approximate surface area is 119 Å². The van der Waals surface area contributed by atoms with Gasteiger partial charge in [-0.15, -0.1) is 0 Å². The maximum absolute atomic E-state index is 10.3. The van der Waals surface area contributed by atoms with Crippen LogP contribution < -0.4 is 5.32 Å².